The van der Waals surface area contributed by atoms with Crippen molar-refractivity contribution in [2.24, 2.45) is 11.8 Å². The normalized spacial score (nSPS) is 30.7. The summed E-state index contributed by atoms with van der Waals surface area (Å²) in [6.07, 6.45) is 1.03. The summed E-state index contributed by atoms with van der Waals surface area (Å²) in [4.78, 5) is 16.6. The van der Waals surface area contributed by atoms with Crippen molar-refractivity contribution in [2.75, 3.05) is 59.6 Å². The fourth-order valence-corrected chi connectivity index (χ4v) is 4.87. The fourth-order valence-electron chi connectivity index (χ4n) is 4.87. The summed E-state index contributed by atoms with van der Waals surface area (Å²) in [5, 5.41) is 10.6. The maximum Gasteiger partial charge on any atom is 0.337 e. The minimum Gasteiger partial charge on any atom is -0.488 e. The van der Waals surface area contributed by atoms with Crippen LogP contribution in [-0.4, -0.2) is 92.7 Å². The lowest BCUT2D eigenvalue weighted by Crippen LogP contribution is -2.42. The van der Waals surface area contributed by atoms with E-state index < -0.39 is 6.10 Å². The molecule has 160 valence electrons. The molecule has 2 saturated heterocycles. The van der Waals surface area contributed by atoms with Gasteiger partial charge in [-0.15, -0.1) is 0 Å². The highest BCUT2D eigenvalue weighted by molar-refractivity contribution is 5.89. The number of rotatable bonds is 6. The molecule has 3 aliphatic rings. The molecule has 0 amide bonds. The monoisotopic (exact) mass is 404 g/mol. The zero-order valence-electron chi connectivity index (χ0n) is 17.2. The number of morpholine rings is 1. The summed E-state index contributed by atoms with van der Waals surface area (Å²) in [6, 6.07) is 6.94. The molecule has 1 N–H and O–H groups in total. The molecular formula is C22H32N2O5. The Bertz CT molecular complexity index is 676. The van der Waals surface area contributed by atoms with Crippen LogP contribution in [0, 0.1) is 11.8 Å². The van der Waals surface area contributed by atoms with Crippen LogP contribution in [0.3, 0.4) is 0 Å². The number of aliphatic hydroxyl groups excluding tert-OH is 1. The van der Waals surface area contributed by atoms with Gasteiger partial charge in [-0.3, -0.25) is 4.90 Å². The average molecular weight is 405 g/mol. The summed E-state index contributed by atoms with van der Waals surface area (Å²) in [6.45, 7) is 8.10. The van der Waals surface area contributed by atoms with Crippen LogP contribution in [0.1, 0.15) is 23.2 Å². The summed E-state index contributed by atoms with van der Waals surface area (Å²) < 4.78 is 16.2. The van der Waals surface area contributed by atoms with Crippen molar-refractivity contribution in [2.45, 2.75) is 25.0 Å². The molecule has 2 heterocycles. The van der Waals surface area contributed by atoms with Crippen LogP contribution in [-0.2, 0) is 9.47 Å². The second-order valence-electron chi connectivity index (χ2n) is 8.44. The third-order valence-electron chi connectivity index (χ3n) is 6.56. The van der Waals surface area contributed by atoms with Gasteiger partial charge >= 0.3 is 5.97 Å². The van der Waals surface area contributed by atoms with E-state index >= 15 is 0 Å². The van der Waals surface area contributed by atoms with Gasteiger partial charge in [-0.1, -0.05) is 0 Å². The second-order valence-corrected chi connectivity index (χ2v) is 8.44. The van der Waals surface area contributed by atoms with E-state index in [1.54, 1.807) is 24.3 Å². The molecule has 1 saturated carbocycles. The topological polar surface area (TPSA) is 71.5 Å². The first kappa shape index (κ1) is 20.6. The van der Waals surface area contributed by atoms with E-state index in [4.69, 9.17) is 14.2 Å². The Morgan fingerprint density at radius 1 is 1.07 bits per heavy atom. The number of carbonyl (C=O) groups excluding carboxylic acids is 1. The lowest BCUT2D eigenvalue weighted by molar-refractivity contribution is -0.0231. The largest absolute Gasteiger partial charge is 0.488 e. The molecule has 0 radical (unpaired) electrons. The predicted molar refractivity (Wildman–Crippen MR) is 108 cm³/mol. The Kier molecular flexibility index (Phi) is 6.70. The molecule has 7 nitrogen and oxygen atoms in total. The molecule has 1 aromatic rings. The number of methoxy groups -OCH3 is 1. The standard InChI is InChI=1S/C22H32N2O5/c1-27-22(26)16-2-4-19(5-3-16)29-21-13-18-15-24(14-17(18)12-20(21)25)7-6-23-8-10-28-11-9-23/h2-5,17-18,20-21,25H,6-15H2,1H3/t17-,18+,20+,21+/m0/s1. The maximum atomic E-state index is 11.6. The van der Waals surface area contributed by atoms with E-state index in [2.05, 4.69) is 9.80 Å². The van der Waals surface area contributed by atoms with Crippen LogP contribution in [0.4, 0.5) is 0 Å². The minimum atomic E-state index is -0.448. The van der Waals surface area contributed by atoms with Crippen LogP contribution < -0.4 is 4.74 Å². The van der Waals surface area contributed by atoms with E-state index in [0.717, 1.165) is 65.3 Å². The van der Waals surface area contributed by atoms with Gasteiger partial charge in [0, 0.05) is 39.3 Å². The first-order chi connectivity index (χ1) is 14.1. The van der Waals surface area contributed by atoms with Gasteiger partial charge < -0.3 is 24.2 Å². The molecule has 4 atom stereocenters. The molecule has 0 spiro atoms. The quantitative estimate of drug-likeness (QED) is 0.716. The van der Waals surface area contributed by atoms with Gasteiger partial charge in [0.05, 0.1) is 32.0 Å². The SMILES string of the molecule is COC(=O)c1ccc(O[C@@H]2C[C@@H]3CN(CCN4CCOCC4)C[C@@H]3C[C@H]2O)cc1. The van der Waals surface area contributed by atoms with Gasteiger partial charge in [0.15, 0.2) is 0 Å². The van der Waals surface area contributed by atoms with Gasteiger partial charge in [0.25, 0.3) is 0 Å². The zero-order chi connectivity index (χ0) is 20.2. The lowest BCUT2D eigenvalue weighted by Gasteiger charge is -2.35. The van der Waals surface area contributed by atoms with Crippen molar-refractivity contribution in [3.05, 3.63) is 29.8 Å². The molecule has 7 heteroatoms. The number of ether oxygens (including phenoxy) is 3. The number of hydrogen-bond donors (Lipinski definition) is 1. The number of nitrogens with zero attached hydrogens (tertiary/aromatic N) is 2. The van der Waals surface area contributed by atoms with E-state index in [1.807, 2.05) is 0 Å². The van der Waals surface area contributed by atoms with Crippen molar-refractivity contribution >= 4 is 5.97 Å². The fraction of sp³-hybridized carbons (Fsp3) is 0.682. The van der Waals surface area contributed by atoms with Crippen molar-refractivity contribution in [1.82, 2.24) is 9.80 Å². The van der Waals surface area contributed by atoms with Gasteiger partial charge in [-0.05, 0) is 48.9 Å². The number of benzene rings is 1. The Hall–Kier alpha value is -1.67. The van der Waals surface area contributed by atoms with Crippen LogP contribution >= 0.6 is 0 Å². The van der Waals surface area contributed by atoms with Crippen molar-refractivity contribution in [1.29, 1.82) is 0 Å². The van der Waals surface area contributed by atoms with Gasteiger partial charge in [-0.2, -0.15) is 0 Å². The number of hydrogen-bond acceptors (Lipinski definition) is 7. The number of aliphatic hydroxyl groups is 1. The number of esters is 1. The van der Waals surface area contributed by atoms with E-state index in [-0.39, 0.29) is 12.1 Å². The third-order valence-corrected chi connectivity index (χ3v) is 6.56. The molecule has 1 aromatic carbocycles. The number of fused-ring (bicyclic) bond motifs is 1. The first-order valence-electron chi connectivity index (χ1n) is 10.7. The van der Waals surface area contributed by atoms with Crippen molar-refractivity contribution in [3.63, 3.8) is 0 Å². The van der Waals surface area contributed by atoms with Gasteiger partial charge in [-0.25, -0.2) is 4.79 Å². The summed E-state index contributed by atoms with van der Waals surface area (Å²) in [7, 11) is 1.37. The van der Waals surface area contributed by atoms with Crippen molar-refractivity contribution in [3.8, 4) is 5.75 Å². The van der Waals surface area contributed by atoms with Crippen LogP contribution in [0.2, 0.25) is 0 Å². The minimum absolute atomic E-state index is 0.195. The highest BCUT2D eigenvalue weighted by Gasteiger charge is 2.42. The predicted octanol–water partition coefficient (Wildman–Crippen LogP) is 1.26. The maximum absolute atomic E-state index is 11.6. The lowest BCUT2D eigenvalue weighted by atomic mass is 9.78. The Balaban J connectivity index is 1.28. The van der Waals surface area contributed by atoms with E-state index in [9.17, 15) is 9.90 Å². The molecule has 0 bridgehead atoms. The Morgan fingerprint density at radius 3 is 2.41 bits per heavy atom. The molecule has 4 rings (SSSR count). The second kappa shape index (κ2) is 9.43. The summed E-state index contributed by atoms with van der Waals surface area (Å²) in [5.41, 5.74) is 0.496. The summed E-state index contributed by atoms with van der Waals surface area (Å²) in [5.74, 6) is 1.45. The smallest absolute Gasteiger partial charge is 0.337 e. The van der Waals surface area contributed by atoms with Crippen LogP contribution in [0.25, 0.3) is 0 Å². The molecule has 3 fully saturated rings. The first-order valence-corrected chi connectivity index (χ1v) is 10.7. The van der Waals surface area contributed by atoms with Gasteiger partial charge in [0.1, 0.15) is 11.9 Å². The highest BCUT2D eigenvalue weighted by atomic mass is 16.5. The number of likely N-dealkylation sites (tertiary alicyclic amines) is 1. The summed E-state index contributed by atoms with van der Waals surface area (Å²) >= 11 is 0. The molecule has 2 aliphatic heterocycles. The molecule has 0 aromatic heterocycles. The van der Waals surface area contributed by atoms with Crippen molar-refractivity contribution < 1.29 is 24.1 Å². The van der Waals surface area contributed by atoms with E-state index in [0.29, 0.717) is 23.1 Å². The Labute approximate surface area is 172 Å². The van der Waals surface area contributed by atoms with Gasteiger partial charge in [0.2, 0.25) is 0 Å². The highest BCUT2D eigenvalue weighted by Crippen LogP contribution is 2.38. The number of carbonyl (C=O) groups is 1. The molecule has 0 unspecified atom stereocenters. The van der Waals surface area contributed by atoms with Crippen LogP contribution in [0.5, 0.6) is 5.75 Å². The van der Waals surface area contributed by atoms with E-state index in [1.165, 1.54) is 7.11 Å². The molecule has 29 heavy (non-hydrogen) atoms. The molecule has 1 aliphatic carbocycles. The zero-order valence-corrected chi connectivity index (χ0v) is 17.2. The molecular weight excluding hydrogens is 372 g/mol. The van der Waals surface area contributed by atoms with Crippen LogP contribution in [0.15, 0.2) is 24.3 Å². The third kappa shape index (κ3) is 5.09. The Morgan fingerprint density at radius 2 is 1.72 bits per heavy atom. The average Bonchev–Trinajstić information content (AvgIpc) is 3.14.